The van der Waals surface area contributed by atoms with Crippen molar-refractivity contribution in [2.75, 3.05) is 13.1 Å². The number of carbonyl (C=O) groups is 1. The summed E-state index contributed by atoms with van der Waals surface area (Å²) in [4.78, 5) is 32.3. The van der Waals surface area contributed by atoms with Crippen LogP contribution < -0.4 is 5.56 Å². The fraction of sp³-hybridized carbons (Fsp3) is 0.318. The Morgan fingerprint density at radius 3 is 2.50 bits per heavy atom. The molecule has 1 amide bonds. The molecule has 0 N–H and O–H groups in total. The molecule has 3 aromatic rings. The van der Waals surface area contributed by atoms with Crippen molar-refractivity contribution in [1.82, 2.24) is 14.5 Å². The summed E-state index contributed by atoms with van der Waals surface area (Å²) in [7, 11) is 0. The highest BCUT2D eigenvalue weighted by Gasteiger charge is 2.21. The largest absolute Gasteiger partial charge is 0.338 e. The summed E-state index contributed by atoms with van der Waals surface area (Å²) < 4.78 is 15.6. The summed E-state index contributed by atoms with van der Waals surface area (Å²) in [6.07, 6.45) is 3.20. The summed E-state index contributed by atoms with van der Waals surface area (Å²) in [6, 6.07) is 11.5. The van der Waals surface area contributed by atoms with Gasteiger partial charge in [0, 0.05) is 30.2 Å². The minimum absolute atomic E-state index is 0.0156. The van der Waals surface area contributed by atoms with Crippen molar-refractivity contribution in [2.45, 2.75) is 33.2 Å². The lowest BCUT2D eigenvalue weighted by molar-refractivity contribution is 0.0753. The number of benzene rings is 1. The standard InChI is InChI=1S/C22H24FN3O2/c1-3-12-25(13-4-2)21(27)18-14-16-9-7-11-24-20(16)26(22(18)28)15-17-8-5-6-10-19(17)23/h5-11,14H,3-4,12-13,15H2,1-2H3. The first-order valence-corrected chi connectivity index (χ1v) is 9.58. The molecule has 2 aromatic heterocycles. The van der Waals surface area contributed by atoms with E-state index in [0.717, 1.165) is 12.8 Å². The average Bonchev–Trinajstić information content (AvgIpc) is 2.70. The SMILES string of the molecule is CCCN(CCC)C(=O)c1cc2cccnc2n(Cc2ccccc2F)c1=O. The molecule has 0 fully saturated rings. The summed E-state index contributed by atoms with van der Waals surface area (Å²) in [5.41, 5.74) is 0.459. The monoisotopic (exact) mass is 381 g/mol. The zero-order valence-electron chi connectivity index (χ0n) is 16.2. The third kappa shape index (κ3) is 3.96. The Morgan fingerprint density at radius 2 is 1.82 bits per heavy atom. The summed E-state index contributed by atoms with van der Waals surface area (Å²) >= 11 is 0. The van der Waals surface area contributed by atoms with Crippen molar-refractivity contribution in [3.05, 3.63) is 76.0 Å². The molecule has 6 heteroatoms. The van der Waals surface area contributed by atoms with Crippen LogP contribution in [0.2, 0.25) is 0 Å². The average molecular weight is 381 g/mol. The second kappa shape index (κ2) is 8.78. The van der Waals surface area contributed by atoms with Crippen LogP contribution in [0.1, 0.15) is 42.6 Å². The maximum absolute atomic E-state index is 14.2. The molecule has 5 nitrogen and oxygen atoms in total. The van der Waals surface area contributed by atoms with E-state index in [0.29, 0.717) is 29.7 Å². The van der Waals surface area contributed by atoms with Gasteiger partial charge in [-0.05, 0) is 37.1 Å². The zero-order valence-corrected chi connectivity index (χ0v) is 16.2. The van der Waals surface area contributed by atoms with E-state index in [4.69, 9.17) is 0 Å². The van der Waals surface area contributed by atoms with Gasteiger partial charge in [-0.15, -0.1) is 0 Å². The van der Waals surface area contributed by atoms with Crippen LogP contribution in [0.4, 0.5) is 4.39 Å². The lowest BCUT2D eigenvalue weighted by atomic mass is 10.1. The number of hydrogen-bond donors (Lipinski definition) is 0. The molecule has 3 rings (SSSR count). The Labute approximate surface area is 163 Å². The normalized spacial score (nSPS) is 11.0. The van der Waals surface area contributed by atoms with Crippen molar-refractivity contribution in [1.29, 1.82) is 0 Å². The molecular formula is C22H24FN3O2. The van der Waals surface area contributed by atoms with Gasteiger partial charge >= 0.3 is 0 Å². The van der Waals surface area contributed by atoms with Crippen LogP contribution in [-0.4, -0.2) is 33.4 Å². The van der Waals surface area contributed by atoms with Gasteiger partial charge in [0.2, 0.25) is 0 Å². The molecule has 0 aliphatic rings. The smallest absolute Gasteiger partial charge is 0.265 e. The number of amides is 1. The molecule has 0 saturated carbocycles. The Morgan fingerprint density at radius 1 is 1.11 bits per heavy atom. The zero-order chi connectivity index (χ0) is 20.1. The molecule has 2 heterocycles. The third-order valence-electron chi connectivity index (χ3n) is 4.64. The first-order chi connectivity index (χ1) is 13.6. The van der Waals surface area contributed by atoms with Gasteiger partial charge in [-0.3, -0.25) is 14.2 Å². The number of pyridine rings is 2. The highest BCUT2D eigenvalue weighted by molar-refractivity contribution is 5.97. The Balaban J connectivity index is 2.15. The van der Waals surface area contributed by atoms with Gasteiger partial charge in [-0.1, -0.05) is 32.0 Å². The van der Waals surface area contributed by atoms with Crippen LogP contribution in [-0.2, 0) is 6.54 Å². The van der Waals surface area contributed by atoms with Crippen molar-refractivity contribution >= 4 is 16.9 Å². The van der Waals surface area contributed by atoms with Gasteiger partial charge in [0.05, 0.1) is 6.54 Å². The molecule has 146 valence electrons. The number of rotatable bonds is 7. The topological polar surface area (TPSA) is 55.2 Å². The van der Waals surface area contributed by atoms with E-state index < -0.39 is 11.4 Å². The second-order valence-electron chi connectivity index (χ2n) is 6.75. The lowest BCUT2D eigenvalue weighted by Crippen LogP contribution is -2.38. The molecule has 0 aliphatic carbocycles. The van der Waals surface area contributed by atoms with Gasteiger partial charge in [0.1, 0.15) is 17.0 Å². The lowest BCUT2D eigenvalue weighted by Gasteiger charge is -2.22. The molecule has 0 bridgehead atoms. The van der Waals surface area contributed by atoms with E-state index in [-0.39, 0.29) is 18.0 Å². The molecule has 0 saturated heterocycles. The number of carbonyl (C=O) groups excluding carboxylic acids is 1. The molecule has 28 heavy (non-hydrogen) atoms. The number of halogens is 1. The summed E-state index contributed by atoms with van der Waals surface area (Å²) in [6.45, 7) is 5.18. The molecule has 0 radical (unpaired) electrons. The highest BCUT2D eigenvalue weighted by Crippen LogP contribution is 2.16. The van der Waals surface area contributed by atoms with E-state index in [9.17, 15) is 14.0 Å². The van der Waals surface area contributed by atoms with E-state index in [2.05, 4.69) is 4.98 Å². The maximum atomic E-state index is 14.2. The van der Waals surface area contributed by atoms with Crippen LogP contribution in [0, 0.1) is 5.82 Å². The van der Waals surface area contributed by atoms with Crippen molar-refractivity contribution < 1.29 is 9.18 Å². The molecule has 0 unspecified atom stereocenters. The van der Waals surface area contributed by atoms with Crippen molar-refractivity contribution in [3.8, 4) is 0 Å². The van der Waals surface area contributed by atoms with Crippen molar-refractivity contribution in [3.63, 3.8) is 0 Å². The van der Waals surface area contributed by atoms with Crippen LogP contribution in [0.15, 0.2) is 53.5 Å². The van der Waals surface area contributed by atoms with Gasteiger partial charge in [0.15, 0.2) is 0 Å². The maximum Gasteiger partial charge on any atom is 0.265 e. The van der Waals surface area contributed by atoms with Crippen LogP contribution in [0.25, 0.3) is 11.0 Å². The van der Waals surface area contributed by atoms with Gasteiger partial charge in [-0.2, -0.15) is 0 Å². The fourth-order valence-electron chi connectivity index (χ4n) is 3.33. The van der Waals surface area contributed by atoms with E-state index >= 15 is 0 Å². The Bertz CT molecular complexity index is 1040. The van der Waals surface area contributed by atoms with Gasteiger partial charge in [0.25, 0.3) is 11.5 Å². The number of nitrogens with zero attached hydrogens (tertiary/aromatic N) is 3. The van der Waals surface area contributed by atoms with Crippen LogP contribution >= 0.6 is 0 Å². The first kappa shape index (κ1) is 19.7. The summed E-state index contributed by atoms with van der Waals surface area (Å²) in [5.74, 6) is -0.685. The molecular weight excluding hydrogens is 357 g/mol. The Kier molecular flexibility index (Phi) is 6.19. The van der Waals surface area contributed by atoms with Crippen LogP contribution in [0.3, 0.4) is 0 Å². The highest BCUT2D eigenvalue weighted by atomic mass is 19.1. The Hall–Kier alpha value is -3.02. The van der Waals surface area contributed by atoms with E-state index in [1.54, 1.807) is 47.5 Å². The van der Waals surface area contributed by atoms with E-state index in [1.165, 1.54) is 10.6 Å². The van der Waals surface area contributed by atoms with Gasteiger partial charge in [-0.25, -0.2) is 9.37 Å². The summed E-state index contributed by atoms with van der Waals surface area (Å²) in [5, 5.41) is 0.676. The van der Waals surface area contributed by atoms with E-state index in [1.807, 2.05) is 13.8 Å². The molecule has 0 spiro atoms. The minimum atomic E-state index is -0.448. The fourth-order valence-corrected chi connectivity index (χ4v) is 3.33. The predicted octanol–water partition coefficient (Wildman–Crippen LogP) is 3.85. The number of fused-ring (bicyclic) bond motifs is 1. The molecule has 0 atom stereocenters. The van der Waals surface area contributed by atoms with Gasteiger partial charge < -0.3 is 4.90 Å². The quantitative estimate of drug-likeness (QED) is 0.625. The molecule has 0 aliphatic heterocycles. The third-order valence-corrected chi connectivity index (χ3v) is 4.64. The minimum Gasteiger partial charge on any atom is -0.338 e. The molecule has 1 aromatic carbocycles. The van der Waals surface area contributed by atoms with Crippen LogP contribution in [0.5, 0.6) is 0 Å². The number of aromatic nitrogens is 2. The first-order valence-electron chi connectivity index (χ1n) is 9.58. The second-order valence-corrected chi connectivity index (χ2v) is 6.75. The predicted molar refractivity (Wildman–Crippen MR) is 108 cm³/mol. The number of hydrogen-bond acceptors (Lipinski definition) is 3. The van der Waals surface area contributed by atoms with Crippen molar-refractivity contribution in [2.24, 2.45) is 0 Å².